The molecule has 0 N–H and O–H groups in total. The van der Waals surface area contributed by atoms with Gasteiger partial charge in [0, 0.05) is 22.9 Å². The molecule has 0 atom stereocenters. The van der Waals surface area contributed by atoms with Crippen molar-refractivity contribution in [2.24, 2.45) is 0 Å². The van der Waals surface area contributed by atoms with E-state index in [0.717, 1.165) is 4.47 Å². The lowest BCUT2D eigenvalue weighted by Crippen LogP contribution is -2.46. The second-order valence-corrected chi connectivity index (χ2v) is 7.52. The number of sulfonamides is 1. The molecule has 1 aromatic rings. The standard InChI is InChI=1S/C11H15BrClNO2S/c1-11(2,8-13)14(3)17(15,16)10-6-4-9(12)5-7-10/h4-7H,8H2,1-3H3. The summed E-state index contributed by atoms with van der Waals surface area (Å²) in [5, 5.41) is 0. The van der Waals surface area contributed by atoms with Crippen LogP contribution in [0.25, 0.3) is 0 Å². The average molecular weight is 341 g/mol. The van der Waals surface area contributed by atoms with Gasteiger partial charge in [-0.25, -0.2) is 8.42 Å². The Hall–Kier alpha value is -0.100. The van der Waals surface area contributed by atoms with Crippen LogP contribution in [-0.4, -0.2) is 31.2 Å². The Bertz CT molecular complexity index is 485. The van der Waals surface area contributed by atoms with Crippen LogP contribution in [0.3, 0.4) is 0 Å². The van der Waals surface area contributed by atoms with Gasteiger partial charge >= 0.3 is 0 Å². The Balaban J connectivity index is 3.16. The SMILES string of the molecule is CN(C(C)(C)CCl)S(=O)(=O)c1ccc(Br)cc1. The second kappa shape index (κ2) is 5.26. The number of hydrogen-bond acceptors (Lipinski definition) is 2. The van der Waals surface area contributed by atoms with E-state index in [9.17, 15) is 8.42 Å². The molecule has 0 fully saturated rings. The minimum atomic E-state index is -3.50. The molecule has 1 aromatic carbocycles. The molecule has 0 aliphatic heterocycles. The van der Waals surface area contributed by atoms with Crippen molar-refractivity contribution >= 4 is 37.6 Å². The fourth-order valence-corrected chi connectivity index (χ4v) is 3.20. The number of halogens is 2. The molecule has 0 saturated heterocycles. The van der Waals surface area contributed by atoms with Gasteiger partial charge < -0.3 is 0 Å². The van der Waals surface area contributed by atoms with E-state index in [1.54, 1.807) is 45.2 Å². The van der Waals surface area contributed by atoms with E-state index < -0.39 is 15.6 Å². The summed E-state index contributed by atoms with van der Waals surface area (Å²) in [5.74, 6) is 0.235. The van der Waals surface area contributed by atoms with Gasteiger partial charge in [-0.3, -0.25) is 0 Å². The number of nitrogens with zero attached hydrogens (tertiary/aromatic N) is 1. The minimum absolute atomic E-state index is 0.235. The topological polar surface area (TPSA) is 37.4 Å². The fourth-order valence-electron chi connectivity index (χ4n) is 1.17. The summed E-state index contributed by atoms with van der Waals surface area (Å²) < 4.78 is 26.7. The van der Waals surface area contributed by atoms with E-state index in [1.807, 2.05) is 0 Å². The van der Waals surface area contributed by atoms with E-state index in [1.165, 1.54) is 4.31 Å². The van der Waals surface area contributed by atoms with Crippen molar-refractivity contribution in [3.05, 3.63) is 28.7 Å². The quantitative estimate of drug-likeness (QED) is 0.790. The first-order valence-corrected chi connectivity index (χ1v) is 7.79. The van der Waals surface area contributed by atoms with Gasteiger partial charge in [-0.05, 0) is 38.1 Å². The molecule has 1 rings (SSSR count). The lowest BCUT2D eigenvalue weighted by atomic mass is 10.1. The van der Waals surface area contributed by atoms with E-state index in [0.29, 0.717) is 0 Å². The molecule has 0 aliphatic rings. The van der Waals surface area contributed by atoms with Crippen LogP contribution in [-0.2, 0) is 10.0 Å². The zero-order valence-corrected chi connectivity index (χ0v) is 13.1. The highest BCUT2D eigenvalue weighted by Gasteiger charge is 2.33. The monoisotopic (exact) mass is 339 g/mol. The van der Waals surface area contributed by atoms with Gasteiger partial charge in [0.15, 0.2) is 0 Å². The smallest absolute Gasteiger partial charge is 0.207 e. The van der Waals surface area contributed by atoms with Gasteiger partial charge in [0.25, 0.3) is 0 Å². The van der Waals surface area contributed by atoms with Crippen LogP contribution in [0.5, 0.6) is 0 Å². The third-order valence-electron chi connectivity index (χ3n) is 2.65. The molecule has 6 heteroatoms. The molecule has 0 unspecified atom stereocenters. The fraction of sp³-hybridized carbons (Fsp3) is 0.455. The maximum absolute atomic E-state index is 12.3. The molecule has 3 nitrogen and oxygen atoms in total. The van der Waals surface area contributed by atoms with Crippen LogP contribution >= 0.6 is 27.5 Å². The molecule has 0 aliphatic carbocycles. The van der Waals surface area contributed by atoms with Crippen molar-refractivity contribution in [1.29, 1.82) is 0 Å². The van der Waals surface area contributed by atoms with Gasteiger partial charge in [-0.1, -0.05) is 15.9 Å². The summed E-state index contributed by atoms with van der Waals surface area (Å²) in [6.07, 6.45) is 0. The number of rotatable bonds is 4. The van der Waals surface area contributed by atoms with Crippen molar-refractivity contribution in [1.82, 2.24) is 4.31 Å². The van der Waals surface area contributed by atoms with E-state index >= 15 is 0 Å². The van der Waals surface area contributed by atoms with Crippen molar-refractivity contribution < 1.29 is 8.42 Å². The maximum Gasteiger partial charge on any atom is 0.243 e. The highest BCUT2D eigenvalue weighted by atomic mass is 79.9. The zero-order chi connectivity index (χ0) is 13.3. The van der Waals surface area contributed by atoms with Gasteiger partial charge in [-0.2, -0.15) is 4.31 Å². The number of alkyl halides is 1. The van der Waals surface area contributed by atoms with Crippen molar-refractivity contribution in [3.8, 4) is 0 Å². The highest BCUT2D eigenvalue weighted by molar-refractivity contribution is 9.10. The molecule has 0 aromatic heterocycles. The van der Waals surface area contributed by atoms with Crippen LogP contribution < -0.4 is 0 Å². The van der Waals surface area contributed by atoms with Crippen LogP contribution in [0.15, 0.2) is 33.6 Å². The van der Waals surface area contributed by atoms with Crippen LogP contribution in [0.2, 0.25) is 0 Å². The van der Waals surface area contributed by atoms with E-state index in [2.05, 4.69) is 15.9 Å². The van der Waals surface area contributed by atoms with Crippen LogP contribution in [0.4, 0.5) is 0 Å². The Labute approximate surface area is 116 Å². The second-order valence-electron chi connectivity index (χ2n) is 4.37. The largest absolute Gasteiger partial charge is 0.243 e. The molecular weight excluding hydrogens is 326 g/mol. The predicted octanol–water partition coefficient (Wildman–Crippen LogP) is 3.09. The third kappa shape index (κ3) is 3.22. The first kappa shape index (κ1) is 15.0. The first-order valence-electron chi connectivity index (χ1n) is 5.02. The molecule has 17 heavy (non-hydrogen) atoms. The van der Waals surface area contributed by atoms with Crippen molar-refractivity contribution in [3.63, 3.8) is 0 Å². The molecule has 0 saturated carbocycles. The Morgan fingerprint density at radius 3 is 2.18 bits per heavy atom. The van der Waals surface area contributed by atoms with Crippen molar-refractivity contribution in [2.75, 3.05) is 12.9 Å². The lowest BCUT2D eigenvalue weighted by molar-refractivity contribution is 0.296. The van der Waals surface area contributed by atoms with Gasteiger partial charge in [0.2, 0.25) is 10.0 Å². The summed E-state index contributed by atoms with van der Waals surface area (Å²) in [4.78, 5) is 0.265. The minimum Gasteiger partial charge on any atom is -0.207 e. The molecular formula is C11H15BrClNO2S. The average Bonchev–Trinajstić information content (AvgIpc) is 2.28. The van der Waals surface area contributed by atoms with Gasteiger partial charge in [0.05, 0.1) is 4.90 Å². The van der Waals surface area contributed by atoms with Gasteiger partial charge in [-0.15, -0.1) is 11.6 Å². The summed E-state index contributed by atoms with van der Waals surface area (Å²) >= 11 is 9.07. The molecule has 96 valence electrons. The Kier molecular flexibility index (Phi) is 4.63. The predicted molar refractivity (Wildman–Crippen MR) is 73.9 cm³/mol. The third-order valence-corrected chi connectivity index (χ3v) is 5.92. The number of hydrogen-bond donors (Lipinski definition) is 0. The summed E-state index contributed by atoms with van der Waals surface area (Å²) in [6, 6.07) is 6.54. The summed E-state index contributed by atoms with van der Waals surface area (Å²) in [6.45, 7) is 3.58. The molecule has 0 radical (unpaired) electrons. The summed E-state index contributed by atoms with van der Waals surface area (Å²) in [5.41, 5.74) is -0.618. The van der Waals surface area contributed by atoms with E-state index in [-0.39, 0.29) is 10.8 Å². The number of benzene rings is 1. The Morgan fingerprint density at radius 1 is 1.29 bits per heavy atom. The summed E-state index contributed by atoms with van der Waals surface area (Å²) in [7, 11) is -1.96. The first-order chi connectivity index (χ1) is 7.71. The highest BCUT2D eigenvalue weighted by Crippen LogP contribution is 2.24. The zero-order valence-electron chi connectivity index (χ0n) is 9.94. The Morgan fingerprint density at radius 2 is 1.76 bits per heavy atom. The van der Waals surface area contributed by atoms with Crippen LogP contribution in [0.1, 0.15) is 13.8 Å². The van der Waals surface area contributed by atoms with E-state index in [4.69, 9.17) is 11.6 Å². The molecule has 0 amide bonds. The van der Waals surface area contributed by atoms with Crippen molar-refractivity contribution in [2.45, 2.75) is 24.3 Å². The lowest BCUT2D eigenvalue weighted by Gasteiger charge is -2.32. The van der Waals surface area contributed by atoms with Gasteiger partial charge in [0.1, 0.15) is 0 Å². The normalized spacial score (nSPS) is 13.1. The maximum atomic E-state index is 12.3. The molecule has 0 heterocycles. The molecule has 0 bridgehead atoms. The van der Waals surface area contributed by atoms with Crippen LogP contribution in [0, 0.1) is 0 Å². The molecule has 0 spiro atoms.